The molecule has 0 aliphatic heterocycles. The molecule has 0 fully saturated rings. The van der Waals surface area contributed by atoms with Gasteiger partial charge in [-0.2, -0.15) is 0 Å². The minimum absolute atomic E-state index is 0.497. The molecule has 2 N–H and O–H groups in total. The Balaban J connectivity index is 2.39. The summed E-state index contributed by atoms with van der Waals surface area (Å²) >= 11 is 12.4. The van der Waals surface area contributed by atoms with Crippen LogP contribution in [-0.4, -0.2) is 0 Å². The summed E-state index contributed by atoms with van der Waals surface area (Å²) in [7, 11) is 0. The fourth-order valence-electron chi connectivity index (χ4n) is 2.25. The molecule has 2 aromatic carbocycles. The predicted octanol–water partition coefficient (Wildman–Crippen LogP) is 4.80. The lowest BCUT2D eigenvalue weighted by atomic mass is 9.82. The number of halogens is 2. The Bertz CT molecular complexity index is 554. The molecule has 0 saturated heterocycles. The van der Waals surface area contributed by atoms with Gasteiger partial charge in [0.15, 0.2) is 0 Å². The molecule has 1 atom stereocenters. The van der Waals surface area contributed by atoms with Gasteiger partial charge in [-0.15, -0.1) is 0 Å². The summed E-state index contributed by atoms with van der Waals surface area (Å²) in [6.07, 6.45) is 1.53. The van der Waals surface area contributed by atoms with Gasteiger partial charge in [-0.1, -0.05) is 60.5 Å². The van der Waals surface area contributed by atoms with Crippen LogP contribution >= 0.6 is 23.2 Å². The third kappa shape index (κ3) is 3.30. The third-order valence-electron chi connectivity index (χ3n) is 3.46. The summed E-state index contributed by atoms with van der Waals surface area (Å²) < 4.78 is 0. The lowest BCUT2D eigenvalue weighted by Crippen LogP contribution is -2.38. The molecule has 0 spiro atoms. The Labute approximate surface area is 124 Å². The molecular weight excluding hydrogens is 277 g/mol. The Hall–Kier alpha value is -1.02. The van der Waals surface area contributed by atoms with Gasteiger partial charge in [0.1, 0.15) is 0 Å². The van der Waals surface area contributed by atoms with E-state index in [2.05, 4.69) is 19.1 Å². The highest BCUT2D eigenvalue weighted by Crippen LogP contribution is 2.33. The molecule has 2 aromatic rings. The van der Waals surface area contributed by atoms with Gasteiger partial charge in [-0.3, -0.25) is 0 Å². The van der Waals surface area contributed by atoms with Crippen LogP contribution in [0.3, 0.4) is 0 Å². The van der Waals surface area contributed by atoms with Crippen molar-refractivity contribution in [2.45, 2.75) is 25.3 Å². The zero-order valence-electron chi connectivity index (χ0n) is 10.9. The number of hydrogen-bond donors (Lipinski definition) is 1. The van der Waals surface area contributed by atoms with Crippen molar-refractivity contribution in [2.24, 2.45) is 5.73 Å². The summed E-state index contributed by atoms with van der Waals surface area (Å²) in [6, 6.07) is 15.7. The van der Waals surface area contributed by atoms with Crippen molar-refractivity contribution in [1.82, 2.24) is 0 Å². The third-order valence-corrected chi connectivity index (χ3v) is 4.02. The van der Waals surface area contributed by atoms with Crippen LogP contribution < -0.4 is 5.73 Å². The van der Waals surface area contributed by atoms with Crippen molar-refractivity contribution in [3.8, 4) is 0 Å². The second kappa shape index (κ2) is 5.96. The quantitative estimate of drug-likeness (QED) is 0.861. The van der Waals surface area contributed by atoms with Gasteiger partial charge < -0.3 is 5.73 Å². The van der Waals surface area contributed by atoms with Crippen LogP contribution in [0.25, 0.3) is 0 Å². The fraction of sp³-hybridized carbons (Fsp3) is 0.250. The molecule has 1 nitrogen and oxygen atoms in total. The highest BCUT2D eigenvalue weighted by molar-refractivity contribution is 6.33. The molecule has 0 radical (unpaired) electrons. The van der Waals surface area contributed by atoms with E-state index in [1.807, 2.05) is 30.3 Å². The molecule has 3 heteroatoms. The van der Waals surface area contributed by atoms with E-state index in [1.54, 1.807) is 6.07 Å². The van der Waals surface area contributed by atoms with E-state index in [0.29, 0.717) is 10.0 Å². The summed E-state index contributed by atoms with van der Waals surface area (Å²) in [5.41, 5.74) is 8.19. The number of rotatable bonds is 4. The highest BCUT2D eigenvalue weighted by atomic mass is 35.5. The maximum absolute atomic E-state index is 6.58. The largest absolute Gasteiger partial charge is 0.321 e. The Morgan fingerprint density at radius 2 is 1.74 bits per heavy atom. The molecule has 0 aliphatic rings. The Morgan fingerprint density at radius 3 is 2.37 bits per heavy atom. The Kier molecular flexibility index (Phi) is 4.51. The number of nitrogens with two attached hydrogens (primary N) is 1. The van der Waals surface area contributed by atoms with Crippen LogP contribution in [0.4, 0.5) is 0 Å². The molecule has 1 unspecified atom stereocenters. The monoisotopic (exact) mass is 293 g/mol. The van der Waals surface area contributed by atoms with Gasteiger partial charge in [0.05, 0.1) is 0 Å². The molecule has 19 heavy (non-hydrogen) atoms. The molecule has 0 heterocycles. The van der Waals surface area contributed by atoms with E-state index in [9.17, 15) is 0 Å². The van der Waals surface area contributed by atoms with Crippen molar-refractivity contribution in [3.63, 3.8) is 0 Å². The van der Waals surface area contributed by atoms with E-state index < -0.39 is 5.54 Å². The summed E-state index contributed by atoms with van der Waals surface area (Å²) in [5.74, 6) is 0. The van der Waals surface area contributed by atoms with E-state index in [1.165, 1.54) is 5.56 Å². The minimum Gasteiger partial charge on any atom is -0.321 e. The average molecular weight is 294 g/mol. The van der Waals surface area contributed by atoms with Gasteiger partial charge in [-0.05, 0) is 42.2 Å². The van der Waals surface area contributed by atoms with Gasteiger partial charge in [0.25, 0.3) is 0 Å². The molecule has 0 bridgehead atoms. The zero-order valence-corrected chi connectivity index (χ0v) is 12.4. The maximum atomic E-state index is 6.58. The van der Waals surface area contributed by atoms with E-state index >= 15 is 0 Å². The zero-order chi connectivity index (χ0) is 13.9. The first-order chi connectivity index (χ1) is 9.05. The van der Waals surface area contributed by atoms with Crippen molar-refractivity contribution in [3.05, 3.63) is 69.7 Å². The minimum atomic E-state index is -0.497. The van der Waals surface area contributed by atoms with Crippen LogP contribution in [0.5, 0.6) is 0 Å². The van der Waals surface area contributed by atoms with Crippen LogP contribution in [0, 0.1) is 0 Å². The molecule has 0 amide bonds. The summed E-state index contributed by atoms with van der Waals surface area (Å²) in [5, 5.41) is 1.33. The molecule has 0 saturated carbocycles. The summed E-state index contributed by atoms with van der Waals surface area (Å²) in [6.45, 7) is 2.07. The first-order valence-corrected chi connectivity index (χ1v) is 7.09. The van der Waals surface area contributed by atoms with E-state index in [0.717, 1.165) is 18.4 Å². The van der Waals surface area contributed by atoms with Gasteiger partial charge >= 0.3 is 0 Å². The van der Waals surface area contributed by atoms with Crippen molar-refractivity contribution < 1.29 is 0 Å². The number of hydrogen-bond acceptors (Lipinski definition) is 1. The van der Waals surface area contributed by atoms with Gasteiger partial charge in [-0.25, -0.2) is 0 Å². The SMILES string of the molecule is CCC(N)(Cc1ccccc1)c1cc(Cl)ccc1Cl. The van der Waals surface area contributed by atoms with Crippen molar-refractivity contribution in [2.75, 3.05) is 0 Å². The molecule has 2 rings (SSSR count). The van der Waals surface area contributed by atoms with E-state index in [-0.39, 0.29) is 0 Å². The predicted molar refractivity (Wildman–Crippen MR) is 82.8 cm³/mol. The van der Waals surface area contributed by atoms with Crippen molar-refractivity contribution in [1.29, 1.82) is 0 Å². The molecule has 0 aromatic heterocycles. The second-order valence-electron chi connectivity index (χ2n) is 4.80. The van der Waals surface area contributed by atoms with Crippen LogP contribution in [0.15, 0.2) is 48.5 Å². The lowest BCUT2D eigenvalue weighted by Gasteiger charge is -2.30. The van der Waals surface area contributed by atoms with Crippen LogP contribution in [-0.2, 0) is 12.0 Å². The van der Waals surface area contributed by atoms with E-state index in [4.69, 9.17) is 28.9 Å². The second-order valence-corrected chi connectivity index (χ2v) is 5.64. The standard InChI is InChI=1S/C16H17Cl2N/c1-2-16(19,11-12-6-4-3-5-7-12)14-10-13(17)8-9-15(14)18/h3-10H,2,11,19H2,1H3. The topological polar surface area (TPSA) is 26.0 Å². The normalized spacial score (nSPS) is 14.1. The molecule has 0 aliphatic carbocycles. The maximum Gasteiger partial charge on any atom is 0.0463 e. The molecule has 100 valence electrons. The first-order valence-electron chi connectivity index (χ1n) is 6.33. The first kappa shape index (κ1) is 14.4. The summed E-state index contributed by atoms with van der Waals surface area (Å²) in [4.78, 5) is 0. The van der Waals surface area contributed by atoms with Crippen LogP contribution in [0.1, 0.15) is 24.5 Å². The Morgan fingerprint density at radius 1 is 1.05 bits per heavy atom. The van der Waals surface area contributed by atoms with Gasteiger partial charge in [0, 0.05) is 15.6 Å². The fourth-order valence-corrected chi connectivity index (χ4v) is 2.73. The van der Waals surface area contributed by atoms with Crippen molar-refractivity contribution >= 4 is 23.2 Å². The highest BCUT2D eigenvalue weighted by Gasteiger charge is 2.28. The lowest BCUT2D eigenvalue weighted by molar-refractivity contribution is 0.425. The van der Waals surface area contributed by atoms with Gasteiger partial charge in [0.2, 0.25) is 0 Å². The smallest absolute Gasteiger partial charge is 0.0463 e. The molecular formula is C16H17Cl2N. The average Bonchev–Trinajstić information content (AvgIpc) is 2.42. The van der Waals surface area contributed by atoms with Crippen LogP contribution in [0.2, 0.25) is 10.0 Å². The number of benzene rings is 2.